The van der Waals surface area contributed by atoms with Crippen LogP contribution < -0.4 is 11.3 Å². The SMILES string of the molecule is CC(C)(C(N)=O)c1ccc(-c2nn(-c3c(F)cccc3F)c3c(Cl)c[nH]c(=O)c23)cc1. The van der Waals surface area contributed by atoms with Crippen molar-refractivity contribution in [3.05, 3.63) is 81.2 Å². The van der Waals surface area contributed by atoms with Gasteiger partial charge in [0.1, 0.15) is 16.9 Å². The first-order valence-corrected chi connectivity index (χ1v) is 9.66. The number of para-hydroxylation sites is 1. The van der Waals surface area contributed by atoms with E-state index in [2.05, 4.69) is 10.1 Å². The molecule has 0 aliphatic carbocycles. The predicted octanol–water partition coefficient (Wildman–Crippen LogP) is 4.08. The lowest BCUT2D eigenvalue weighted by Crippen LogP contribution is -2.35. The third-order valence-corrected chi connectivity index (χ3v) is 5.60. The summed E-state index contributed by atoms with van der Waals surface area (Å²) in [7, 11) is 0. The number of halogens is 3. The third kappa shape index (κ3) is 3.29. The first-order valence-electron chi connectivity index (χ1n) is 9.28. The minimum Gasteiger partial charge on any atom is -0.369 e. The molecule has 0 radical (unpaired) electrons. The fourth-order valence-corrected chi connectivity index (χ4v) is 3.59. The molecule has 6 nitrogen and oxygen atoms in total. The van der Waals surface area contributed by atoms with E-state index in [1.807, 2.05) is 0 Å². The predicted molar refractivity (Wildman–Crippen MR) is 114 cm³/mol. The average molecular weight is 443 g/mol. The van der Waals surface area contributed by atoms with Crippen LogP contribution in [0, 0.1) is 11.6 Å². The Morgan fingerprint density at radius 1 is 1.13 bits per heavy atom. The number of nitrogens with zero attached hydrogens (tertiary/aromatic N) is 2. The first kappa shape index (κ1) is 20.7. The molecule has 4 rings (SSSR count). The molecule has 0 fully saturated rings. The lowest BCUT2D eigenvalue weighted by molar-refractivity contribution is -0.122. The van der Waals surface area contributed by atoms with Crippen LogP contribution in [-0.2, 0) is 10.2 Å². The topological polar surface area (TPSA) is 93.8 Å². The van der Waals surface area contributed by atoms with E-state index in [1.54, 1.807) is 38.1 Å². The van der Waals surface area contributed by atoms with Crippen molar-refractivity contribution in [2.45, 2.75) is 19.3 Å². The van der Waals surface area contributed by atoms with Gasteiger partial charge < -0.3 is 10.7 Å². The van der Waals surface area contributed by atoms with Crippen LogP contribution in [0.25, 0.3) is 27.8 Å². The van der Waals surface area contributed by atoms with Gasteiger partial charge in [0.05, 0.1) is 15.8 Å². The van der Waals surface area contributed by atoms with Gasteiger partial charge in [-0.3, -0.25) is 9.59 Å². The third-order valence-electron chi connectivity index (χ3n) is 5.31. The van der Waals surface area contributed by atoms with Crippen LogP contribution in [0.15, 0.2) is 53.5 Å². The number of nitrogens with one attached hydrogen (secondary N) is 1. The fraction of sp³-hybridized carbons (Fsp3) is 0.136. The number of fused-ring (bicyclic) bond motifs is 1. The summed E-state index contributed by atoms with van der Waals surface area (Å²) in [5.74, 6) is -2.20. The van der Waals surface area contributed by atoms with Crippen LogP contribution in [0.2, 0.25) is 5.02 Å². The Kier molecular flexibility index (Phi) is 4.89. The maximum atomic E-state index is 14.5. The Hall–Kier alpha value is -3.52. The van der Waals surface area contributed by atoms with Gasteiger partial charge in [-0.25, -0.2) is 13.5 Å². The van der Waals surface area contributed by atoms with E-state index >= 15 is 0 Å². The van der Waals surface area contributed by atoms with E-state index in [0.717, 1.165) is 16.8 Å². The highest BCUT2D eigenvalue weighted by Gasteiger charge is 2.28. The van der Waals surface area contributed by atoms with Gasteiger partial charge in [-0.1, -0.05) is 41.9 Å². The van der Waals surface area contributed by atoms with Gasteiger partial charge >= 0.3 is 0 Å². The Bertz CT molecular complexity index is 1370. The zero-order valence-electron chi connectivity index (χ0n) is 16.5. The molecule has 1 amide bonds. The van der Waals surface area contributed by atoms with Crippen LogP contribution in [0.3, 0.4) is 0 Å². The van der Waals surface area contributed by atoms with Gasteiger partial charge in [-0.05, 0) is 31.5 Å². The molecule has 0 aliphatic heterocycles. The molecular formula is C22H17ClF2N4O2. The molecule has 31 heavy (non-hydrogen) atoms. The highest BCUT2D eigenvalue weighted by atomic mass is 35.5. The molecule has 2 aromatic heterocycles. The largest absolute Gasteiger partial charge is 0.369 e. The molecule has 0 saturated carbocycles. The van der Waals surface area contributed by atoms with Crippen LogP contribution in [-0.4, -0.2) is 20.7 Å². The summed E-state index contributed by atoms with van der Waals surface area (Å²) in [6.07, 6.45) is 1.24. The summed E-state index contributed by atoms with van der Waals surface area (Å²) in [5, 5.41) is 4.49. The smallest absolute Gasteiger partial charge is 0.259 e. The van der Waals surface area contributed by atoms with Crippen molar-refractivity contribution in [2.24, 2.45) is 5.73 Å². The van der Waals surface area contributed by atoms with Crippen molar-refractivity contribution in [1.82, 2.24) is 14.8 Å². The lowest BCUT2D eigenvalue weighted by atomic mass is 9.83. The summed E-state index contributed by atoms with van der Waals surface area (Å²) in [6, 6.07) is 10.1. The maximum absolute atomic E-state index is 14.5. The number of aromatic amines is 1. The monoisotopic (exact) mass is 442 g/mol. The average Bonchev–Trinajstić information content (AvgIpc) is 3.12. The second-order valence-corrected chi connectivity index (χ2v) is 7.99. The van der Waals surface area contributed by atoms with E-state index in [4.69, 9.17) is 17.3 Å². The molecule has 0 atom stereocenters. The van der Waals surface area contributed by atoms with Gasteiger partial charge in [-0.15, -0.1) is 0 Å². The molecule has 2 aromatic carbocycles. The molecule has 158 valence electrons. The number of H-pyrrole nitrogens is 1. The second kappa shape index (κ2) is 7.31. The minimum absolute atomic E-state index is 0.0717. The summed E-state index contributed by atoms with van der Waals surface area (Å²) in [5.41, 5.74) is 5.03. The van der Waals surface area contributed by atoms with Crippen molar-refractivity contribution < 1.29 is 13.6 Å². The molecule has 0 spiro atoms. The highest BCUT2D eigenvalue weighted by molar-refractivity contribution is 6.35. The molecular weight excluding hydrogens is 426 g/mol. The van der Waals surface area contributed by atoms with E-state index in [-0.39, 0.29) is 21.6 Å². The van der Waals surface area contributed by atoms with Gasteiger partial charge in [0.25, 0.3) is 5.56 Å². The van der Waals surface area contributed by atoms with Gasteiger partial charge in [0.2, 0.25) is 5.91 Å². The summed E-state index contributed by atoms with van der Waals surface area (Å²) in [6.45, 7) is 3.39. The molecule has 9 heteroatoms. The number of carbonyl (C=O) groups is 1. The first-order chi connectivity index (χ1) is 14.6. The number of aromatic nitrogens is 3. The molecule has 3 N–H and O–H groups in total. The van der Waals surface area contributed by atoms with Gasteiger partial charge in [0, 0.05) is 11.8 Å². The van der Waals surface area contributed by atoms with Crippen molar-refractivity contribution in [3.63, 3.8) is 0 Å². The molecule has 0 saturated heterocycles. The normalized spacial score (nSPS) is 11.8. The standard InChI is InChI=1S/C22H17ClF2N4O2/c1-22(2,21(26)31)12-8-6-11(7-9-12)17-16-18(13(23)10-27-20(16)30)29(28-17)19-14(24)4-3-5-15(19)25/h3-10H,1-2H3,(H2,26,31)(H,27,30). The number of pyridine rings is 1. The second-order valence-electron chi connectivity index (χ2n) is 7.59. The number of hydrogen-bond acceptors (Lipinski definition) is 3. The zero-order chi connectivity index (χ0) is 22.5. The zero-order valence-corrected chi connectivity index (χ0v) is 17.3. The Balaban J connectivity index is 2.00. The molecule has 0 aliphatic rings. The lowest BCUT2D eigenvalue weighted by Gasteiger charge is -2.21. The van der Waals surface area contributed by atoms with Crippen molar-refractivity contribution in [2.75, 3.05) is 0 Å². The van der Waals surface area contributed by atoms with Gasteiger partial charge in [-0.2, -0.15) is 5.10 Å². The summed E-state index contributed by atoms with van der Waals surface area (Å²) >= 11 is 6.28. The van der Waals surface area contributed by atoms with E-state index in [1.165, 1.54) is 12.3 Å². The van der Waals surface area contributed by atoms with Crippen LogP contribution in [0.1, 0.15) is 19.4 Å². The molecule has 0 bridgehead atoms. The quantitative estimate of drug-likeness (QED) is 0.498. The number of benzene rings is 2. The van der Waals surface area contributed by atoms with Crippen molar-refractivity contribution >= 4 is 28.4 Å². The number of amides is 1. The van der Waals surface area contributed by atoms with Crippen LogP contribution in [0.5, 0.6) is 0 Å². The molecule has 4 aromatic rings. The van der Waals surface area contributed by atoms with Crippen molar-refractivity contribution in [3.8, 4) is 16.9 Å². The number of rotatable bonds is 4. The minimum atomic E-state index is -0.906. The van der Waals surface area contributed by atoms with Crippen LogP contribution >= 0.6 is 11.6 Å². The van der Waals surface area contributed by atoms with Crippen molar-refractivity contribution in [1.29, 1.82) is 0 Å². The highest BCUT2D eigenvalue weighted by Crippen LogP contribution is 2.34. The number of hydrogen-bond donors (Lipinski definition) is 2. The number of primary amides is 1. The summed E-state index contributed by atoms with van der Waals surface area (Å²) < 4.78 is 30.0. The Labute approximate surface area is 180 Å². The summed E-state index contributed by atoms with van der Waals surface area (Å²) in [4.78, 5) is 26.9. The van der Waals surface area contributed by atoms with Gasteiger partial charge in [0.15, 0.2) is 11.6 Å². The van der Waals surface area contributed by atoms with E-state index in [9.17, 15) is 18.4 Å². The Morgan fingerprint density at radius 3 is 2.32 bits per heavy atom. The van der Waals surface area contributed by atoms with E-state index < -0.39 is 34.2 Å². The molecule has 0 unspecified atom stereocenters. The van der Waals surface area contributed by atoms with Crippen LogP contribution in [0.4, 0.5) is 8.78 Å². The van der Waals surface area contributed by atoms with E-state index in [0.29, 0.717) is 11.1 Å². The number of carbonyl (C=O) groups excluding carboxylic acids is 1. The maximum Gasteiger partial charge on any atom is 0.259 e. The molecule has 2 heterocycles. The number of nitrogens with two attached hydrogens (primary N) is 1. The Morgan fingerprint density at radius 2 is 1.74 bits per heavy atom. The fourth-order valence-electron chi connectivity index (χ4n) is 3.37.